The molecule has 2 aromatic heterocycles. The predicted molar refractivity (Wildman–Crippen MR) is 104 cm³/mol. The van der Waals surface area contributed by atoms with Gasteiger partial charge < -0.3 is 10.1 Å². The zero-order valence-electron chi connectivity index (χ0n) is 14.3. The highest BCUT2D eigenvalue weighted by Crippen LogP contribution is 2.26. The molecule has 0 saturated heterocycles. The van der Waals surface area contributed by atoms with Gasteiger partial charge in [0.2, 0.25) is 11.1 Å². The molecule has 27 heavy (non-hydrogen) atoms. The number of rotatable bonds is 6. The van der Waals surface area contributed by atoms with Crippen LogP contribution >= 0.6 is 35.0 Å². The Morgan fingerprint density at radius 2 is 2.00 bits per heavy atom. The van der Waals surface area contributed by atoms with Crippen LogP contribution in [0.1, 0.15) is 5.69 Å². The minimum Gasteiger partial charge on any atom is -0.497 e. The number of tetrazole rings is 1. The van der Waals surface area contributed by atoms with E-state index in [1.165, 1.54) is 16.4 Å². The first-order valence-corrected chi connectivity index (χ1v) is 9.40. The molecule has 140 valence electrons. The van der Waals surface area contributed by atoms with Gasteiger partial charge in [-0.2, -0.15) is 4.68 Å². The van der Waals surface area contributed by atoms with E-state index in [0.717, 1.165) is 11.4 Å². The zero-order chi connectivity index (χ0) is 19.4. The largest absolute Gasteiger partial charge is 0.497 e. The Morgan fingerprint density at radius 3 is 2.70 bits per heavy atom. The summed E-state index contributed by atoms with van der Waals surface area (Å²) >= 11 is 13.2. The second-order valence-electron chi connectivity index (χ2n) is 5.29. The number of halogens is 2. The maximum Gasteiger partial charge on any atom is 0.236 e. The van der Waals surface area contributed by atoms with E-state index in [4.69, 9.17) is 27.9 Å². The molecule has 3 aromatic rings. The van der Waals surface area contributed by atoms with E-state index in [1.54, 1.807) is 32.2 Å². The number of nitrogens with zero attached hydrogens (tertiary/aromatic N) is 5. The van der Waals surface area contributed by atoms with E-state index in [1.807, 2.05) is 12.1 Å². The Kier molecular flexibility index (Phi) is 6.15. The quantitative estimate of drug-likeness (QED) is 0.605. The molecule has 0 bridgehead atoms. The van der Waals surface area contributed by atoms with Crippen molar-refractivity contribution in [3.63, 3.8) is 0 Å². The van der Waals surface area contributed by atoms with Gasteiger partial charge >= 0.3 is 0 Å². The number of nitrogens with one attached hydrogen (secondary N) is 1. The average Bonchev–Trinajstić information content (AvgIpc) is 3.13. The van der Waals surface area contributed by atoms with Crippen LogP contribution in [0.3, 0.4) is 0 Å². The van der Waals surface area contributed by atoms with Gasteiger partial charge in [-0.05, 0) is 47.7 Å². The Bertz CT molecular complexity index is 964. The van der Waals surface area contributed by atoms with Crippen LogP contribution in [0, 0.1) is 6.92 Å². The zero-order valence-corrected chi connectivity index (χ0v) is 16.6. The number of methoxy groups -OCH3 is 1. The SMILES string of the molecule is COc1ccc(-n2nnnc2SCC(=O)Nc2nc(C)c(Cl)cc2Cl)cc1. The van der Waals surface area contributed by atoms with Crippen molar-refractivity contribution >= 4 is 46.7 Å². The normalized spacial score (nSPS) is 10.7. The van der Waals surface area contributed by atoms with Crippen LogP contribution in [-0.2, 0) is 4.79 Å². The molecule has 0 aliphatic rings. The summed E-state index contributed by atoms with van der Waals surface area (Å²) in [4.78, 5) is 16.4. The van der Waals surface area contributed by atoms with Gasteiger partial charge in [-0.3, -0.25) is 4.79 Å². The minimum absolute atomic E-state index is 0.0796. The fourth-order valence-electron chi connectivity index (χ4n) is 2.10. The molecule has 0 spiro atoms. The standard InChI is InChI=1S/C16H14Cl2N6O2S/c1-9-12(17)7-13(18)15(19-9)20-14(25)8-27-16-21-22-23-24(16)10-3-5-11(26-2)6-4-10/h3-7H,8H2,1-2H3,(H,19,20,25). The van der Waals surface area contributed by atoms with E-state index >= 15 is 0 Å². The average molecular weight is 425 g/mol. The second kappa shape index (κ2) is 8.55. The summed E-state index contributed by atoms with van der Waals surface area (Å²) in [6, 6.07) is 8.78. The lowest BCUT2D eigenvalue weighted by atomic mass is 10.3. The van der Waals surface area contributed by atoms with Gasteiger partial charge in [0, 0.05) is 0 Å². The van der Waals surface area contributed by atoms with Crippen molar-refractivity contribution in [1.82, 2.24) is 25.2 Å². The maximum atomic E-state index is 12.2. The van der Waals surface area contributed by atoms with Crippen LogP contribution in [0.5, 0.6) is 5.75 Å². The molecule has 11 heteroatoms. The molecule has 0 aliphatic heterocycles. The summed E-state index contributed by atoms with van der Waals surface area (Å²) in [5.74, 6) is 0.776. The summed E-state index contributed by atoms with van der Waals surface area (Å²) < 4.78 is 6.67. The van der Waals surface area contributed by atoms with Crippen LogP contribution in [0.4, 0.5) is 5.82 Å². The number of thioether (sulfide) groups is 1. The Morgan fingerprint density at radius 1 is 1.26 bits per heavy atom. The number of ether oxygens (including phenoxy) is 1. The van der Waals surface area contributed by atoms with Gasteiger partial charge in [0.05, 0.1) is 34.3 Å². The number of aromatic nitrogens is 5. The number of carbonyl (C=O) groups excluding carboxylic acids is 1. The van der Waals surface area contributed by atoms with Crippen molar-refractivity contribution in [3.05, 3.63) is 46.1 Å². The molecule has 8 nitrogen and oxygen atoms in total. The van der Waals surface area contributed by atoms with Crippen molar-refractivity contribution in [2.45, 2.75) is 12.1 Å². The molecule has 1 aromatic carbocycles. The smallest absolute Gasteiger partial charge is 0.236 e. The van der Waals surface area contributed by atoms with Crippen LogP contribution in [0.2, 0.25) is 10.0 Å². The number of pyridine rings is 1. The molecule has 0 saturated carbocycles. The first-order chi connectivity index (χ1) is 13.0. The number of anilines is 1. The number of aryl methyl sites for hydroxylation is 1. The number of amides is 1. The number of hydrogen-bond donors (Lipinski definition) is 1. The summed E-state index contributed by atoms with van der Waals surface area (Å²) in [6.45, 7) is 1.73. The third kappa shape index (κ3) is 4.68. The third-order valence-corrected chi connectivity index (χ3v) is 5.04. The molecule has 0 radical (unpaired) electrons. The lowest BCUT2D eigenvalue weighted by Gasteiger charge is -2.08. The minimum atomic E-state index is -0.291. The first kappa shape index (κ1) is 19.4. The first-order valence-electron chi connectivity index (χ1n) is 7.66. The molecule has 0 aliphatic carbocycles. The second-order valence-corrected chi connectivity index (χ2v) is 7.05. The third-order valence-electron chi connectivity index (χ3n) is 3.45. The van der Waals surface area contributed by atoms with Crippen molar-refractivity contribution in [2.24, 2.45) is 0 Å². The summed E-state index contributed by atoms with van der Waals surface area (Å²) in [5.41, 5.74) is 1.33. The lowest BCUT2D eigenvalue weighted by Crippen LogP contribution is -2.16. The van der Waals surface area contributed by atoms with Gasteiger partial charge in [0.15, 0.2) is 5.82 Å². The van der Waals surface area contributed by atoms with Gasteiger partial charge in [-0.15, -0.1) is 5.10 Å². The van der Waals surface area contributed by atoms with Crippen LogP contribution < -0.4 is 10.1 Å². The lowest BCUT2D eigenvalue weighted by molar-refractivity contribution is -0.113. The highest BCUT2D eigenvalue weighted by atomic mass is 35.5. The van der Waals surface area contributed by atoms with E-state index in [0.29, 0.717) is 15.9 Å². The summed E-state index contributed by atoms with van der Waals surface area (Å²) in [6.07, 6.45) is 0. The number of carbonyl (C=O) groups is 1. The highest BCUT2D eigenvalue weighted by Gasteiger charge is 2.14. The maximum absolute atomic E-state index is 12.2. The Hall–Kier alpha value is -2.36. The molecule has 3 rings (SSSR count). The van der Waals surface area contributed by atoms with E-state index in [9.17, 15) is 4.79 Å². The van der Waals surface area contributed by atoms with Gasteiger partial charge in [-0.1, -0.05) is 35.0 Å². The van der Waals surface area contributed by atoms with E-state index < -0.39 is 0 Å². The molecule has 1 N–H and O–H groups in total. The highest BCUT2D eigenvalue weighted by molar-refractivity contribution is 7.99. The van der Waals surface area contributed by atoms with Crippen molar-refractivity contribution in [2.75, 3.05) is 18.2 Å². The molecule has 2 heterocycles. The molecule has 0 unspecified atom stereocenters. The molecule has 0 fully saturated rings. The van der Waals surface area contributed by atoms with Gasteiger partial charge in [0.1, 0.15) is 5.75 Å². The van der Waals surface area contributed by atoms with Crippen molar-refractivity contribution in [3.8, 4) is 11.4 Å². The topological polar surface area (TPSA) is 94.8 Å². The monoisotopic (exact) mass is 424 g/mol. The van der Waals surface area contributed by atoms with Gasteiger partial charge in [-0.25, -0.2) is 4.98 Å². The summed E-state index contributed by atoms with van der Waals surface area (Å²) in [7, 11) is 1.59. The summed E-state index contributed by atoms with van der Waals surface area (Å²) in [5, 5.41) is 15.4. The van der Waals surface area contributed by atoms with E-state index in [-0.39, 0.29) is 22.5 Å². The molecule has 1 amide bonds. The van der Waals surface area contributed by atoms with Crippen molar-refractivity contribution < 1.29 is 9.53 Å². The predicted octanol–water partition coefficient (Wildman–Crippen LogP) is 3.41. The fourth-order valence-corrected chi connectivity index (χ4v) is 3.20. The van der Waals surface area contributed by atoms with Crippen LogP contribution in [-0.4, -0.2) is 44.0 Å². The fraction of sp³-hybridized carbons (Fsp3) is 0.188. The van der Waals surface area contributed by atoms with Crippen LogP contribution in [0.25, 0.3) is 5.69 Å². The Labute approximate surface area is 169 Å². The van der Waals surface area contributed by atoms with E-state index in [2.05, 4.69) is 25.8 Å². The molecule has 0 atom stereocenters. The Balaban J connectivity index is 1.66. The molecular weight excluding hydrogens is 411 g/mol. The van der Waals surface area contributed by atoms with Gasteiger partial charge in [0.25, 0.3) is 0 Å². The van der Waals surface area contributed by atoms with Crippen molar-refractivity contribution in [1.29, 1.82) is 0 Å². The molecular formula is C16H14Cl2N6O2S. The van der Waals surface area contributed by atoms with Crippen LogP contribution in [0.15, 0.2) is 35.5 Å². The number of hydrogen-bond acceptors (Lipinski definition) is 7. The number of benzene rings is 1.